The van der Waals surface area contributed by atoms with Crippen molar-refractivity contribution in [2.45, 2.75) is 38.4 Å². The Morgan fingerprint density at radius 3 is 3.00 bits per heavy atom. The summed E-state index contributed by atoms with van der Waals surface area (Å²) < 4.78 is 5.20. The highest BCUT2D eigenvalue weighted by atomic mass is 16.5. The predicted octanol–water partition coefficient (Wildman–Crippen LogP) is 2.01. The number of aliphatic hydroxyl groups excluding tert-OH is 1. The second-order valence-electron chi connectivity index (χ2n) is 3.10. The van der Waals surface area contributed by atoms with Gasteiger partial charge in [0, 0.05) is 6.42 Å². The largest absolute Gasteiger partial charge is 0.496 e. The summed E-state index contributed by atoms with van der Waals surface area (Å²) in [6.45, 7) is 5.51. The number of allylic oxidation sites excluding steroid dienone is 1. The number of aliphatic hydroxyl groups is 1. The fourth-order valence-electron chi connectivity index (χ4n) is 1.54. The van der Waals surface area contributed by atoms with Crippen molar-refractivity contribution >= 4 is 0 Å². The molecular formula is C10H16O2. The summed E-state index contributed by atoms with van der Waals surface area (Å²) in [5.74, 6) is 0. The van der Waals surface area contributed by atoms with Crippen molar-refractivity contribution in [2.75, 3.05) is 0 Å². The lowest BCUT2D eigenvalue weighted by Crippen LogP contribution is -2.31. The average Bonchev–Trinajstić information content (AvgIpc) is 2.09. The molecule has 0 spiro atoms. The van der Waals surface area contributed by atoms with E-state index in [-0.39, 0.29) is 12.2 Å². The molecule has 0 bridgehead atoms. The molecule has 1 aliphatic carbocycles. The Morgan fingerprint density at radius 2 is 2.42 bits per heavy atom. The van der Waals surface area contributed by atoms with Gasteiger partial charge < -0.3 is 9.84 Å². The first-order valence-corrected chi connectivity index (χ1v) is 4.36. The molecule has 1 aliphatic rings. The maximum atomic E-state index is 9.51. The Bertz CT molecular complexity index is 184. The van der Waals surface area contributed by atoms with Crippen LogP contribution < -0.4 is 0 Å². The standard InChI is InChI=1S/C10H16O2/c1-3-8-5-6-9(11)10(7-8)12-4-2/h3-4,9-11H,2,5-7H2,1H3/b8-3-. The minimum atomic E-state index is -0.327. The van der Waals surface area contributed by atoms with Crippen LogP contribution in [0.25, 0.3) is 0 Å². The van der Waals surface area contributed by atoms with Crippen LogP contribution in [0.4, 0.5) is 0 Å². The molecule has 2 unspecified atom stereocenters. The zero-order valence-corrected chi connectivity index (χ0v) is 7.49. The lowest BCUT2D eigenvalue weighted by molar-refractivity contribution is -0.00526. The van der Waals surface area contributed by atoms with Crippen LogP contribution in [-0.2, 0) is 4.74 Å². The van der Waals surface area contributed by atoms with E-state index in [9.17, 15) is 5.11 Å². The molecule has 2 heteroatoms. The van der Waals surface area contributed by atoms with Crippen molar-refractivity contribution in [1.29, 1.82) is 0 Å². The van der Waals surface area contributed by atoms with E-state index in [0.29, 0.717) is 0 Å². The fourth-order valence-corrected chi connectivity index (χ4v) is 1.54. The van der Waals surface area contributed by atoms with E-state index in [0.717, 1.165) is 19.3 Å². The summed E-state index contributed by atoms with van der Waals surface area (Å²) in [5, 5.41) is 9.51. The highest BCUT2D eigenvalue weighted by Gasteiger charge is 2.25. The molecule has 0 aromatic heterocycles. The van der Waals surface area contributed by atoms with Crippen LogP contribution in [0.5, 0.6) is 0 Å². The highest BCUT2D eigenvalue weighted by Crippen LogP contribution is 2.25. The van der Waals surface area contributed by atoms with Gasteiger partial charge in [0.2, 0.25) is 0 Å². The molecule has 0 heterocycles. The second kappa shape index (κ2) is 4.31. The summed E-state index contributed by atoms with van der Waals surface area (Å²) in [6, 6.07) is 0. The van der Waals surface area contributed by atoms with Gasteiger partial charge in [-0.3, -0.25) is 0 Å². The summed E-state index contributed by atoms with van der Waals surface area (Å²) >= 11 is 0. The van der Waals surface area contributed by atoms with Crippen molar-refractivity contribution < 1.29 is 9.84 Å². The number of hydrogen-bond acceptors (Lipinski definition) is 2. The van der Waals surface area contributed by atoms with Gasteiger partial charge in [-0.2, -0.15) is 0 Å². The van der Waals surface area contributed by atoms with Crippen LogP contribution in [0.1, 0.15) is 26.2 Å². The molecule has 0 aromatic carbocycles. The Balaban J connectivity index is 2.52. The van der Waals surface area contributed by atoms with Gasteiger partial charge in [0.25, 0.3) is 0 Å². The molecule has 0 aromatic rings. The molecule has 0 aliphatic heterocycles. The minimum Gasteiger partial charge on any atom is -0.496 e. The summed E-state index contributed by atoms with van der Waals surface area (Å²) in [5.41, 5.74) is 1.37. The molecule has 2 atom stereocenters. The molecule has 0 amide bonds. The molecule has 1 fully saturated rings. The van der Waals surface area contributed by atoms with Crippen molar-refractivity contribution in [3.63, 3.8) is 0 Å². The molecule has 0 radical (unpaired) electrons. The monoisotopic (exact) mass is 168 g/mol. The van der Waals surface area contributed by atoms with E-state index in [1.807, 2.05) is 6.92 Å². The average molecular weight is 168 g/mol. The first-order chi connectivity index (χ1) is 5.77. The van der Waals surface area contributed by atoms with E-state index in [1.54, 1.807) is 0 Å². The van der Waals surface area contributed by atoms with Gasteiger partial charge >= 0.3 is 0 Å². The van der Waals surface area contributed by atoms with E-state index in [1.165, 1.54) is 11.8 Å². The van der Waals surface area contributed by atoms with E-state index in [4.69, 9.17) is 4.74 Å². The molecule has 1 saturated carbocycles. The lowest BCUT2D eigenvalue weighted by Gasteiger charge is -2.28. The molecule has 12 heavy (non-hydrogen) atoms. The molecule has 0 saturated heterocycles. The Hall–Kier alpha value is -0.760. The summed E-state index contributed by atoms with van der Waals surface area (Å²) in [4.78, 5) is 0. The molecule has 68 valence electrons. The third-order valence-corrected chi connectivity index (χ3v) is 2.33. The zero-order valence-electron chi connectivity index (χ0n) is 7.49. The van der Waals surface area contributed by atoms with Crippen molar-refractivity contribution in [2.24, 2.45) is 0 Å². The maximum Gasteiger partial charge on any atom is 0.127 e. The zero-order chi connectivity index (χ0) is 8.97. The Labute approximate surface area is 73.5 Å². The Morgan fingerprint density at radius 1 is 1.67 bits per heavy atom. The van der Waals surface area contributed by atoms with E-state index in [2.05, 4.69) is 12.7 Å². The summed E-state index contributed by atoms with van der Waals surface area (Å²) in [6.07, 6.45) is 5.74. The van der Waals surface area contributed by atoms with Gasteiger partial charge in [-0.05, 0) is 19.8 Å². The number of hydrogen-bond donors (Lipinski definition) is 1. The van der Waals surface area contributed by atoms with Gasteiger partial charge in [-0.15, -0.1) is 0 Å². The predicted molar refractivity (Wildman–Crippen MR) is 48.7 cm³/mol. The molecule has 2 nitrogen and oxygen atoms in total. The van der Waals surface area contributed by atoms with Crippen LogP contribution in [0.2, 0.25) is 0 Å². The van der Waals surface area contributed by atoms with Gasteiger partial charge in [0.1, 0.15) is 6.10 Å². The smallest absolute Gasteiger partial charge is 0.127 e. The van der Waals surface area contributed by atoms with E-state index < -0.39 is 0 Å². The SMILES string of the molecule is C=COC1C/C(=C\C)CCC1O. The van der Waals surface area contributed by atoms with Crippen LogP contribution in [0, 0.1) is 0 Å². The quantitative estimate of drug-likeness (QED) is 0.505. The van der Waals surface area contributed by atoms with E-state index >= 15 is 0 Å². The molecular weight excluding hydrogens is 152 g/mol. The highest BCUT2D eigenvalue weighted by molar-refractivity contribution is 5.07. The van der Waals surface area contributed by atoms with Crippen molar-refractivity contribution in [3.05, 3.63) is 24.5 Å². The first-order valence-electron chi connectivity index (χ1n) is 4.36. The van der Waals surface area contributed by atoms with Crippen molar-refractivity contribution in [1.82, 2.24) is 0 Å². The maximum absolute atomic E-state index is 9.51. The topological polar surface area (TPSA) is 29.5 Å². The number of rotatable bonds is 2. The van der Waals surface area contributed by atoms with Crippen LogP contribution in [0.3, 0.4) is 0 Å². The van der Waals surface area contributed by atoms with Crippen molar-refractivity contribution in [3.8, 4) is 0 Å². The third kappa shape index (κ3) is 2.11. The van der Waals surface area contributed by atoms with Gasteiger partial charge in [-0.25, -0.2) is 0 Å². The van der Waals surface area contributed by atoms with Crippen LogP contribution in [-0.4, -0.2) is 17.3 Å². The molecule has 1 N–H and O–H groups in total. The van der Waals surface area contributed by atoms with Crippen LogP contribution in [0.15, 0.2) is 24.5 Å². The minimum absolute atomic E-state index is 0.0811. The third-order valence-electron chi connectivity index (χ3n) is 2.33. The lowest BCUT2D eigenvalue weighted by atomic mass is 9.90. The van der Waals surface area contributed by atoms with Gasteiger partial charge in [0.15, 0.2) is 0 Å². The summed E-state index contributed by atoms with van der Waals surface area (Å²) in [7, 11) is 0. The Kier molecular flexibility index (Phi) is 3.35. The van der Waals surface area contributed by atoms with Gasteiger partial charge in [0.05, 0.1) is 12.4 Å². The normalized spacial score (nSPS) is 33.3. The van der Waals surface area contributed by atoms with Gasteiger partial charge in [-0.1, -0.05) is 18.2 Å². The fraction of sp³-hybridized carbons (Fsp3) is 0.600. The number of ether oxygens (including phenoxy) is 1. The second-order valence-corrected chi connectivity index (χ2v) is 3.10. The van der Waals surface area contributed by atoms with Crippen LogP contribution >= 0.6 is 0 Å². The molecule has 1 rings (SSSR count). The first kappa shape index (κ1) is 9.33.